The maximum atomic E-state index is 12.6. The number of nitrogens with zero attached hydrogens (tertiary/aromatic N) is 2. The average Bonchev–Trinajstić information content (AvgIpc) is 3.39. The maximum Gasteiger partial charge on any atom is 0.289 e. The van der Waals surface area contributed by atoms with Crippen LogP contribution in [-0.2, 0) is 13.2 Å². The minimum atomic E-state index is -0.205. The van der Waals surface area contributed by atoms with Crippen molar-refractivity contribution in [1.82, 2.24) is 9.80 Å². The number of amides is 1. The van der Waals surface area contributed by atoms with Gasteiger partial charge in [0.2, 0.25) is 11.2 Å². The van der Waals surface area contributed by atoms with Gasteiger partial charge in [0, 0.05) is 32.2 Å². The van der Waals surface area contributed by atoms with Crippen LogP contribution in [0.1, 0.15) is 21.9 Å². The fraction of sp³-hybridized carbons (Fsp3) is 0.231. The molecule has 0 N–H and O–H groups in total. The van der Waals surface area contributed by atoms with E-state index in [0.29, 0.717) is 44.2 Å². The Labute approximate surface area is 190 Å². The highest BCUT2D eigenvalue weighted by atomic mass is 16.5. The highest BCUT2D eigenvalue weighted by Gasteiger charge is 2.24. The summed E-state index contributed by atoms with van der Waals surface area (Å²) in [6.07, 6.45) is 2.89. The third kappa shape index (κ3) is 4.68. The summed E-state index contributed by atoms with van der Waals surface area (Å²) in [5.74, 6) is 1.02. The molecule has 3 heterocycles. The number of fused-ring (bicyclic) bond motifs is 1. The van der Waals surface area contributed by atoms with Gasteiger partial charge in [-0.2, -0.15) is 0 Å². The smallest absolute Gasteiger partial charge is 0.289 e. The third-order valence-corrected chi connectivity index (χ3v) is 5.89. The standard InChI is InChI=1S/C26H24N2O5/c29-23-15-21(16-27-10-12-28(13-11-27)26(30)24-9-4-14-31-24)32-18-25(23)33-17-20-7-3-6-19-5-1-2-8-22(19)20/h1-9,14-15,18H,10-13,16-17H2. The van der Waals surface area contributed by atoms with Crippen LogP contribution in [0, 0.1) is 0 Å². The van der Waals surface area contributed by atoms with E-state index in [4.69, 9.17) is 13.6 Å². The van der Waals surface area contributed by atoms with Gasteiger partial charge in [-0.05, 0) is 28.5 Å². The van der Waals surface area contributed by atoms with E-state index >= 15 is 0 Å². The van der Waals surface area contributed by atoms with Crippen LogP contribution in [-0.4, -0.2) is 41.9 Å². The lowest BCUT2D eigenvalue weighted by atomic mass is 10.1. The Balaban J connectivity index is 1.17. The Morgan fingerprint density at radius 3 is 2.55 bits per heavy atom. The second-order valence-corrected chi connectivity index (χ2v) is 8.05. The van der Waals surface area contributed by atoms with E-state index in [0.717, 1.165) is 16.3 Å². The minimum absolute atomic E-state index is 0.0983. The molecule has 0 unspecified atom stereocenters. The summed E-state index contributed by atoms with van der Waals surface area (Å²) in [6, 6.07) is 19.0. The molecule has 0 atom stereocenters. The third-order valence-electron chi connectivity index (χ3n) is 5.89. The molecule has 1 aliphatic rings. The molecule has 1 amide bonds. The average molecular weight is 444 g/mol. The van der Waals surface area contributed by atoms with Crippen LogP contribution in [0.3, 0.4) is 0 Å². The SMILES string of the molecule is O=C(c1ccco1)N1CCN(Cc2cc(=O)c(OCc3cccc4ccccc34)co2)CC1. The molecule has 0 bridgehead atoms. The molecule has 0 saturated carbocycles. The summed E-state index contributed by atoms with van der Waals surface area (Å²) in [5.41, 5.74) is 0.807. The minimum Gasteiger partial charge on any atom is -0.482 e. The lowest BCUT2D eigenvalue weighted by Crippen LogP contribution is -2.48. The molecular formula is C26H24N2O5. The Bertz CT molecular complexity index is 1300. The Kier molecular flexibility index (Phi) is 5.95. The maximum absolute atomic E-state index is 12.6. The van der Waals surface area contributed by atoms with E-state index in [1.165, 1.54) is 18.6 Å². The van der Waals surface area contributed by atoms with Crippen LogP contribution in [0.15, 0.2) is 86.8 Å². The van der Waals surface area contributed by atoms with Gasteiger partial charge in [-0.25, -0.2) is 0 Å². The predicted octanol–water partition coefficient (Wildman–Crippen LogP) is 3.92. The van der Waals surface area contributed by atoms with Crippen LogP contribution < -0.4 is 10.2 Å². The second kappa shape index (κ2) is 9.34. The first-order chi connectivity index (χ1) is 16.2. The number of hydrogen-bond acceptors (Lipinski definition) is 6. The first-order valence-corrected chi connectivity index (χ1v) is 10.9. The molecule has 0 radical (unpaired) electrons. The molecule has 7 heteroatoms. The van der Waals surface area contributed by atoms with Crippen LogP contribution >= 0.6 is 0 Å². The van der Waals surface area contributed by atoms with Crippen molar-refractivity contribution < 1.29 is 18.4 Å². The summed E-state index contributed by atoms with van der Waals surface area (Å²) < 4.78 is 16.7. The number of piperazine rings is 1. The zero-order valence-corrected chi connectivity index (χ0v) is 18.1. The molecule has 1 fully saturated rings. The van der Waals surface area contributed by atoms with Gasteiger partial charge >= 0.3 is 0 Å². The van der Waals surface area contributed by atoms with E-state index in [9.17, 15) is 9.59 Å². The highest BCUT2D eigenvalue weighted by molar-refractivity contribution is 5.91. The van der Waals surface area contributed by atoms with Crippen molar-refractivity contribution in [3.05, 3.63) is 100 Å². The lowest BCUT2D eigenvalue weighted by Gasteiger charge is -2.33. The van der Waals surface area contributed by atoms with Crippen molar-refractivity contribution in [2.45, 2.75) is 13.2 Å². The normalized spacial score (nSPS) is 14.5. The predicted molar refractivity (Wildman–Crippen MR) is 123 cm³/mol. The highest BCUT2D eigenvalue weighted by Crippen LogP contribution is 2.20. The molecule has 1 aliphatic heterocycles. The summed E-state index contributed by atoms with van der Waals surface area (Å²) >= 11 is 0. The number of carbonyl (C=O) groups is 1. The zero-order valence-electron chi connectivity index (χ0n) is 18.1. The van der Waals surface area contributed by atoms with Crippen molar-refractivity contribution in [1.29, 1.82) is 0 Å². The molecule has 168 valence electrons. The van der Waals surface area contributed by atoms with E-state index in [2.05, 4.69) is 17.0 Å². The monoisotopic (exact) mass is 444 g/mol. The molecule has 5 rings (SSSR count). The van der Waals surface area contributed by atoms with E-state index in [1.54, 1.807) is 17.0 Å². The molecule has 1 saturated heterocycles. The van der Waals surface area contributed by atoms with Crippen molar-refractivity contribution >= 4 is 16.7 Å². The summed E-state index contributed by atoms with van der Waals surface area (Å²) in [7, 11) is 0. The second-order valence-electron chi connectivity index (χ2n) is 8.05. The summed E-state index contributed by atoms with van der Waals surface area (Å²) in [5, 5.41) is 2.23. The van der Waals surface area contributed by atoms with Gasteiger partial charge < -0.3 is 18.5 Å². The number of furan rings is 1. The fourth-order valence-electron chi connectivity index (χ4n) is 4.09. The first kappa shape index (κ1) is 21.0. The fourth-order valence-corrected chi connectivity index (χ4v) is 4.09. The van der Waals surface area contributed by atoms with Crippen LogP contribution in [0.4, 0.5) is 0 Å². The molecule has 7 nitrogen and oxygen atoms in total. The number of benzene rings is 2. The Hall–Kier alpha value is -3.84. The topological polar surface area (TPSA) is 76.1 Å². The van der Waals surface area contributed by atoms with Gasteiger partial charge in [0.05, 0.1) is 12.8 Å². The molecule has 33 heavy (non-hydrogen) atoms. The molecule has 0 spiro atoms. The molecule has 2 aromatic heterocycles. The van der Waals surface area contributed by atoms with E-state index in [1.807, 2.05) is 30.3 Å². The van der Waals surface area contributed by atoms with Gasteiger partial charge in [-0.15, -0.1) is 0 Å². The largest absolute Gasteiger partial charge is 0.482 e. The molecule has 4 aromatic rings. The van der Waals surface area contributed by atoms with Crippen LogP contribution in [0.5, 0.6) is 5.75 Å². The number of ether oxygens (including phenoxy) is 1. The van der Waals surface area contributed by atoms with Crippen molar-refractivity contribution in [3.8, 4) is 5.75 Å². The lowest BCUT2D eigenvalue weighted by molar-refractivity contribution is 0.0589. The zero-order chi connectivity index (χ0) is 22.6. The summed E-state index contributed by atoms with van der Waals surface area (Å²) in [6.45, 7) is 3.36. The van der Waals surface area contributed by atoms with Gasteiger partial charge in [-0.1, -0.05) is 42.5 Å². The molecular weight excluding hydrogens is 420 g/mol. The van der Waals surface area contributed by atoms with E-state index in [-0.39, 0.29) is 23.7 Å². The van der Waals surface area contributed by atoms with Crippen LogP contribution in [0.2, 0.25) is 0 Å². The van der Waals surface area contributed by atoms with Crippen molar-refractivity contribution in [2.75, 3.05) is 26.2 Å². The van der Waals surface area contributed by atoms with E-state index < -0.39 is 0 Å². The van der Waals surface area contributed by atoms with Crippen molar-refractivity contribution in [3.63, 3.8) is 0 Å². The Morgan fingerprint density at radius 1 is 0.939 bits per heavy atom. The summed E-state index contributed by atoms with van der Waals surface area (Å²) in [4.78, 5) is 28.9. The van der Waals surface area contributed by atoms with Gasteiger partial charge in [0.1, 0.15) is 18.6 Å². The van der Waals surface area contributed by atoms with Gasteiger partial charge in [0.25, 0.3) is 5.91 Å². The van der Waals surface area contributed by atoms with Gasteiger partial charge in [0.15, 0.2) is 5.76 Å². The number of rotatable bonds is 6. The van der Waals surface area contributed by atoms with Gasteiger partial charge in [-0.3, -0.25) is 14.5 Å². The van der Waals surface area contributed by atoms with Crippen molar-refractivity contribution in [2.24, 2.45) is 0 Å². The van der Waals surface area contributed by atoms with Crippen LogP contribution in [0.25, 0.3) is 10.8 Å². The number of carbonyl (C=O) groups excluding carboxylic acids is 1. The Morgan fingerprint density at radius 2 is 1.76 bits per heavy atom. The quantitative estimate of drug-likeness (QED) is 0.449. The molecule has 0 aliphatic carbocycles. The molecule has 2 aromatic carbocycles. The number of hydrogen-bond donors (Lipinski definition) is 0. The first-order valence-electron chi connectivity index (χ1n) is 10.9.